The summed E-state index contributed by atoms with van der Waals surface area (Å²) in [5.41, 5.74) is 1.13. The van der Waals surface area contributed by atoms with Gasteiger partial charge in [0, 0.05) is 24.0 Å². The molecule has 0 N–H and O–H groups in total. The Balaban J connectivity index is 1.78. The van der Waals surface area contributed by atoms with Gasteiger partial charge in [0.25, 0.3) is 0 Å². The Morgan fingerprint density at radius 3 is 2.59 bits per heavy atom. The number of hydrogen-bond acceptors (Lipinski definition) is 2. The first-order chi connectivity index (χ1) is 13.8. The van der Waals surface area contributed by atoms with Crippen molar-refractivity contribution in [1.82, 2.24) is 14.7 Å². The van der Waals surface area contributed by atoms with E-state index in [0.29, 0.717) is 41.3 Å². The third-order valence-electron chi connectivity index (χ3n) is 5.16. The highest BCUT2D eigenvalue weighted by Gasteiger charge is 2.31. The maximum absolute atomic E-state index is 12.9. The van der Waals surface area contributed by atoms with Crippen molar-refractivity contribution < 1.29 is 18.0 Å². The molecule has 1 fully saturated rings. The molecule has 1 amide bonds. The van der Waals surface area contributed by atoms with Crippen molar-refractivity contribution in [2.24, 2.45) is 0 Å². The maximum atomic E-state index is 12.9. The van der Waals surface area contributed by atoms with Crippen LogP contribution in [-0.2, 0) is 11.0 Å². The van der Waals surface area contributed by atoms with E-state index in [1.54, 1.807) is 21.7 Å². The lowest BCUT2D eigenvalue weighted by atomic mass is 10.1. The van der Waals surface area contributed by atoms with Crippen molar-refractivity contribution >= 4 is 28.4 Å². The molecule has 1 unspecified atom stereocenters. The number of amides is 1. The standard InChI is InChI=1S/C21H17ClF3N3O/c1-2-18(29)27-11-10-15(12-27)28-20-16(4-3-5-17(20)22)19(26-28)13-6-8-14(9-7-13)21(23,24)25/h2-9,15H,1,10-12H2. The second-order valence-electron chi connectivity index (χ2n) is 6.94. The number of aromatic nitrogens is 2. The normalized spacial score (nSPS) is 17.1. The number of halogens is 4. The molecule has 8 heteroatoms. The van der Waals surface area contributed by atoms with Crippen LogP contribution >= 0.6 is 11.6 Å². The fourth-order valence-corrected chi connectivity index (χ4v) is 3.98. The first-order valence-electron chi connectivity index (χ1n) is 9.05. The van der Waals surface area contributed by atoms with Gasteiger partial charge in [0.05, 0.1) is 22.1 Å². The van der Waals surface area contributed by atoms with Crippen molar-refractivity contribution in [2.45, 2.75) is 18.6 Å². The van der Waals surface area contributed by atoms with Crippen LogP contribution in [0.5, 0.6) is 0 Å². The van der Waals surface area contributed by atoms with Crippen LogP contribution in [-0.4, -0.2) is 33.7 Å². The fraction of sp³-hybridized carbons (Fsp3) is 0.238. The van der Waals surface area contributed by atoms with Crippen molar-refractivity contribution in [3.63, 3.8) is 0 Å². The maximum Gasteiger partial charge on any atom is 0.416 e. The van der Waals surface area contributed by atoms with Gasteiger partial charge in [0.2, 0.25) is 5.91 Å². The summed E-state index contributed by atoms with van der Waals surface area (Å²) in [5, 5.41) is 5.96. The molecule has 2 aromatic carbocycles. The third-order valence-corrected chi connectivity index (χ3v) is 5.46. The first kappa shape index (κ1) is 19.5. The molecule has 1 saturated heterocycles. The molecule has 3 aromatic rings. The molecule has 4 nitrogen and oxygen atoms in total. The summed E-state index contributed by atoms with van der Waals surface area (Å²) in [6.45, 7) is 4.57. The van der Waals surface area contributed by atoms with Crippen molar-refractivity contribution in [2.75, 3.05) is 13.1 Å². The molecular weight excluding hydrogens is 403 g/mol. The van der Waals surface area contributed by atoms with Gasteiger partial charge in [0.1, 0.15) is 5.69 Å². The van der Waals surface area contributed by atoms with Gasteiger partial charge in [0.15, 0.2) is 0 Å². The number of alkyl halides is 3. The predicted octanol–water partition coefficient (Wildman–Crippen LogP) is 5.33. The van der Waals surface area contributed by atoms with Crippen LogP contribution in [0.3, 0.4) is 0 Å². The second kappa shape index (κ2) is 7.22. The highest BCUT2D eigenvalue weighted by atomic mass is 35.5. The van der Waals surface area contributed by atoms with E-state index in [-0.39, 0.29) is 11.9 Å². The average Bonchev–Trinajstić information content (AvgIpc) is 3.32. The number of fused-ring (bicyclic) bond motifs is 1. The molecule has 0 saturated carbocycles. The van der Waals surface area contributed by atoms with Gasteiger partial charge in [-0.2, -0.15) is 18.3 Å². The summed E-state index contributed by atoms with van der Waals surface area (Å²) in [5.74, 6) is -0.141. The number of nitrogens with zero attached hydrogens (tertiary/aromatic N) is 3. The number of carbonyl (C=O) groups is 1. The molecule has 2 heterocycles. The summed E-state index contributed by atoms with van der Waals surface area (Å²) in [7, 11) is 0. The number of para-hydroxylation sites is 1. The number of hydrogen-bond donors (Lipinski definition) is 0. The molecule has 1 atom stereocenters. The number of carbonyl (C=O) groups excluding carboxylic acids is 1. The number of rotatable bonds is 3. The molecule has 1 aliphatic heterocycles. The Morgan fingerprint density at radius 1 is 1.21 bits per heavy atom. The zero-order valence-electron chi connectivity index (χ0n) is 15.3. The van der Waals surface area contributed by atoms with Gasteiger partial charge in [-0.3, -0.25) is 9.48 Å². The average molecular weight is 420 g/mol. The molecule has 0 spiro atoms. The Kier molecular flexibility index (Phi) is 4.86. The minimum Gasteiger partial charge on any atom is -0.337 e. The van der Waals surface area contributed by atoms with Gasteiger partial charge in [-0.05, 0) is 30.7 Å². The molecule has 1 aromatic heterocycles. The Hall–Kier alpha value is -2.80. The SMILES string of the molecule is C=CC(=O)N1CCC(n2nc(-c3ccc(C(F)(F)F)cc3)c3cccc(Cl)c32)C1. The zero-order chi connectivity index (χ0) is 20.8. The summed E-state index contributed by atoms with van der Waals surface area (Å²) >= 11 is 6.45. The van der Waals surface area contributed by atoms with E-state index in [1.165, 1.54) is 18.2 Å². The zero-order valence-corrected chi connectivity index (χ0v) is 16.0. The summed E-state index contributed by atoms with van der Waals surface area (Å²) in [6, 6.07) is 10.2. The van der Waals surface area contributed by atoms with Gasteiger partial charge < -0.3 is 4.90 Å². The number of likely N-dealkylation sites (tertiary alicyclic amines) is 1. The Bertz CT molecular complexity index is 1090. The second-order valence-corrected chi connectivity index (χ2v) is 7.34. The monoisotopic (exact) mass is 419 g/mol. The van der Waals surface area contributed by atoms with Crippen LogP contribution in [0, 0.1) is 0 Å². The summed E-state index contributed by atoms with van der Waals surface area (Å²) in [4.78, 5) is 13.6. The van der Waals surface area contributed by atoms with Crippen molar-refractivity contribution in [3.8, 4) is 11.3 Å². The van der Waals surface area contributed by atoms with Crippen LogP contribution < -0.4 is 0 Å². The van der Waals surface area contributed by atoms with Crippen LogP contribution in [0.1, 0.15) is 18.0 Å². The quantitative estimate of drug-likeness (QED) is 0.538. The van der Waals surface area contributed by atoms with E-state index in [4.69, 9.17) is 16.7 Å². The van der Waals surface area contributed by atoms with Crippen LogP contribution in [0.2, 0.25) is 5.02 Å². The smallest absolute Gasteiger partial charge is 0.337 e. The van der Waals surface area contributed by atoms with Crippen LogP contribution in [0.15, 0.2) is 55.1 Å². The molecule has 1 aliphatic rings. The molecule has 4 rings (SSSR count). The summed E-state index contributed by atoms with van der Waals surface area (Å²) < 4.78 is 40.5. The molecule has 0 radical (unpaired) electrons. The van der Waals surface area contributed by atoms with E-state index in [1.807, 2.05) is 6.07 Å². The Labute approximate surface area is 170 Å². The fourth-order valence-electron chi connectivity index (χ4n) is 3.72. The Morgan fingerprint density at radius 2 is 1.93 bits per heavy atom. The molecule has 150 valence electrons. The lowest BCUT2D eigenvalue weighted by Crippen LogP contribution is -2.27. The highest BCUT2D eigenvalue weighted by Crippen LogP contribution is 2.37. The van der Waals surface area contributed by atoms with Gasteiger partial charge in [-0.15, -0.1) is 0 Å². The van der Waals surface area contributed by atoms with Crippen LogP contribution in [0.25, 0.3) is 22.2 Å². The van der Waals surface area contributed by atoms with E-state index in [9.17, 15) is 18.0 Å². The molecular formula is C21H17ClF3N3O. The van der Waals surface area contributed by atoms with E-state index < -0.39 is 11.7 Å². The molecule has 0 bridgehead atoms. The van der Waals surface area contributed by atoms with Gasteiger partial charge in [-0.1, -0.05) is 42.4 Å². The van der Waals surface area contributed by atoms with Gasteiger partial charge in [-0.25, -0.2) is 0 Å². The first-order valence-corrected chi connectivity index (χ1v) is 9.43. The van der Waals surface area contributed by atoms with Crippen LogP contribution in [0.4, 0.5) is 13.2 Å². The van der Waals surface area contributed by atoms with Gasteiger partial charge >= 0.3 is 6.18 Å². The summed E-state index contributed by atoms with van der Waals surface area (Å²) in [6.07, 6.45) is -2.41. The van der Waals surface area contributed by atoms with Crippen molar-refractivity contribution in [1.29, 1.82) is 0 Å². The molecule has 29 heavy (non-hydrogen) atoms. The third kappa shape index (κ3) is 3.51. The minimum atomic E-state index is -4.39. The minimum absolute atomic E-state index is 0.0792. The lowest BCUT2D eigenvalue weighted by molar-refractivity contribution is -0.137. The topological polar surface area (TPSA) is 38.1 Å². The van der Waals surface area contributed by atoms with Crippen molar-refractivity contribution in [3.05, 3.63) is 65.7 Å². The number of benzene rings is 2. The predicted molar refractivity (Wildman–Crippen MR) is 106 cm³/mol. The van der Waals surface area contributed by atoms with E-state index in [2.05, 4.69) is 6.58 Å². The molecule has 0 aliphatic carbocycles. The highest BCUT2D eigenvalue weighted by molar-refractivity contribution is 6.35. The lowest BCUT2D eigenvalue weighted by Gasteiger charge is -2.15. The van der Waals surface area contributed by atoms with E-state index in [0.717, 1.165) is 17.5 Å². The van der Waals surface area contributed by atoms with E-state index >= 15 is 0 Å². The largest absolute Gasteiger partial charge is 0.416 e.